The third-order valence-corrected chi connectivity index (χ3v) is 5.11. The normalized spacial score (nSPS) is 16.4. The first-order valence-electron chi connectivity index (χ1n) is 8.90. The van der Waals surface area contributed by atoms with E-state index in [1.54, 1.807) is 7.11 Å². The third-order valence-electron chi connectivity index (χ3n) is 5.11. The Labute approximate surface area is 152 Å². The van der Waals surface area contributed by atoms with Gasteiger partial charge in [-0.2, -0.15) is 0 Å². The predicted molar refractivity (Wildman–Crippen MR) is 106 cm³/mol. The van der Waals surface area contributed by atoms with Crippen molar-refractivity contribution < 1.29 is 4.74 Å². The molecule has 0 aromatic heterocycles. The number of nitrogens with zero attached hydrogens (tertiary/aromatic N) is 4. The Bertz CT molecular complexity index is 577. The molecular formula is C19H33N5O. The van der Waals surface area contributed by atoms with E-state index in [1.165, 1.54) is 5.69 Å². The maximum atomic E-state index is 5.50. The summed E-state index contributed by atoms with van der Waals surface area (Å²) in [6.45, 7) is 9.12. The minimum atomic E-state index is 0.0785. The van der Waals surface area contributed by atoms with Crippen LogP contribution in [-0.4, -0.2) is 82.3 Å². The Hall–Kier alpha value is -1.95. The van der Waals surface area contributed by atoms with E-state index in [4.69, 9.17) is 4.74 Å². The fraction of sp³-hybridized carbons (Fsp3) is 0.632. The van der Waals surface area contributed by atoms with Gasteiger partial charge in [-0.05, 0) is 40.1 Å². The van der Waals surface area contributed by atoms with Crippen molar-refractivity contribution in [3.8, 4) is 5.75 Å². The number of methoxy groups -OCH3 is 1. The number of anilines is 1. The van der Waals surface area contributed by atoms with Crippen molar-refractivity contribution in [3.05, 3.63) is 24.3 Å². The van der Waals surface area contributed by atoms with Crippen molar-refractivity contribution in [2.45, 2.75) is 19.4 Å². The summed E-state index contributed by atoms with van der Waals surface area (Å²) in [7, 11) is 7.80. The number of para-hydroxylation sites is 2. The topological polar surface area (TPSA) is 43.3 Å². The lowest BCUT2D eigenvalue weighted by Crippen LogP contribution is -2.56. The smallest absolute Gasteiger partial charge is 0.193 e. The van der Waals surface area contributed by atoms with Gasteiger partial charge in [-0.15, -0.1) is 0 Å². The molecule has 1 N–H and O–H groups in total. The molecule has 1 saturated heterocycles. The number of nitrogens with one attached hydrogen (secondary N) is 1. The first-order valence-corrected chi connectivity index (χ1v) is 8.90. The van der Waals surface area contributed by atoms with Crippen molar-refractivity contribution in [2.24, 2.45) is 4.99 Å². The maximum absolute atomic E-state index is 5.50. The zero-order valence-electron chi connectivity index (χ0n) is 16.5. The molecular weight excluding hydrogens is 314 g/mol. The van der Waals surface area contributed by atoms with E-state index in [1.807, 2.05) is 19.2 Å². The van der Waals surface area contributed by atoms with Crippen LogP contribution in [0.5, 0.6) is 5.75 Å². The average molecular weight is 348 g/mol. The summed E-state index contributed by atoms with van der Waals surface area (Å²) < 4.78 is 5.50. The van der Waals surface area contributed by atoms with E-state index in [2.05, 4.69) is 65.1 Å². The van der Waals surface area contributed by atoms with E-state index < -0.39 is 0 Å². The Morgan fingerprint density at radius 3 is 2.40 bits per heavy atom. The van der Waals surface area contributed by atoms with Crippen LogP contribution >= 0.6 is 0 Å². The summed E-state index contributed by atoms with van der Waals surface area (Å²) in [5.41, 5.74) is 1.25. The molecule has 0 aliphatic carbocycles. The molecule has 2 rings (SSSR count). The van der Waals surface area contributed by atoms with Gasteiger partial charge in [0.05, 0.1) is 12.8 Å². The number of likely N-dealkylation sites (N-methyl/N-ethyl adjacent to an activating group) is 1. The maximum Gasteiger partial charge on any atom is 0.193 e. The fourth-order valence-corrected chi connectivity index (χ4v) is 2.84. The molecule has 6 heteroatoms. The molecule has 0 saturated carbocycles. The summed E-state index contributed by atoms with van der Waals surface area (Å²) in [5, 5.41) is 3.53. The molecule has 0 unspecified atom stereocenters. The van der Waals surface area contributed by atoms with Crippen LogP contribution in [0.4, 0.5) is 5.69 Å². The molecule has 0 bridgehead atoms. The molecule has 1 aliphatic rings. The van der Waals surface area contributed by atoms with Crippen LogP contribution in [-0.2, 0) is 0 Å². The highest BCUT2D eigenvalue weighted by molar-refractivity contribution is 5.80. The zero-order valence-corrected chi connectivity index (χ0v) is 16.5. The Morgan fingerprint density at radius 2 is 1.84 bits per heavy atom. The van der Waals surface area contributed by atoms with Crippen LogP contribution in [0, 0.1) is 0 Å². The molecule has 0 amide bonds. The average Bonchev–Trinajstić information content (AvgIpc) is 2.62. The lowest BCUT2D eigenvalue weighted by molar-refractivity contribution is 0.195. The van der Waals surface area contributed by atoms with Crippen LogP contribution in [0.15, 0.2) is 29.3 Å². The van der Waals surface area contributed by atoms with Gasteiger partial charge in [0, 0.05) is 45.3 Å². The summed E-state index contributed by atoms with van der Waals surface area (Å²) in [6, 6.07) is 8.22. The van der Waals surface area contributed by atoms with Crippen molar-refractivity contribution >= 4 is 11.6 Å². The van der Waals surface area contributed by atoms with Gasteiger partial charge < -0.3 is 24.8 Å². The quantitative estimate of drug-likeness (QED) is 0.649. The van der Waals surface area contributed by atoms with Gasteiger partial charge in [-0.1, -0.05) is 12.1 Å². The van der Waals surface area contributed by atoms with Crippen LogP contribution in [0.1, 0.15) is 13.8 Å². The molecule has 1 fully saturated rings. The summed E-state index contributed by atoms with van der Waals surface area (Å²) in [5.74, 6) is 1.92. The predicted octanol–water partition coefficient (Wildman–Crippen LogP) is 1.73. The summed E-state index contributed by atoms with van der Waals surface area (Å²) in [4.78, 5) is 11.4. The highest BCUT2D eigenvalue weighted by Gasteiger charge is 2.24. The first-order chi connectivity index (χ1) is 11.9. The standard InChI is InChI=1S/C19H33N5O/c1-19(2,22(4)5)15-21-18(20-3)24-13-11-23(12-14-24)16-9-7-8-10-17(16)25-6/h7-10H,11-15H2,1-6H3,(H,20,21). The number of benzene rings is 1. The Morgan fingerprint density at radius 1 is 1.20 bits per heavy atom. The van der Waals surface area contributed by atoms with Gasteiger partial charge in [0.25, 0.3) is 0 Å². The second-order valence-corrected chi connectivity index (χ2v) is 7.25. The van der Waals surface area contributed by atoms with Crippen LogP contribution < -0.4 is 15.0 Å². The highest BCUT2D eigenvalue weighted by Crippen LogP contribution is 2.28. The summed E-state index contributed by atoms with van der Waals surface area (Å²) >= 11 is 0. The third kappa shape index (κ3) is 4.78. The zero-order chi connectivity index (χ0) is 18.4. The number of hydrogen-bond donors (Lipinski definition) is 1. The minimum Gasteiger partial charge on any atom is -0.495 e. The Balaban J connectivity index is 1.94. The number of guanidine groups is 1. The number of piperazine rings is 1. The molecule has 1 aliphatic heterocycles. The van der Waals surface area contributed by atoms with Crippen molar-refractivity contribution in [2.75, 3.05) is 65.9 Å². The van der Waals surface area contributed by atoms with Crippen molar-refractivity contribution in [3.63, 3.8) is 0 Å². The molecule has 1 heterocycles. The van der Waals surface area contributed by atoms with Crippen molar-refractivity contribution in [1.82, 2.24) is 15.1 Å². The van der Waals surface area contributed by atoms with E-state index in [-0.39, 0.29) is 5.54 Å². The fourth-order valence-electron chi connectivity index (χ4n) is 2.84. The van der Waals surface area contributed by atoms with E-state index >= 15 is 0 Å². The molecule has 25 heavy (non-hydrogen) atoms. The van der Waals surface area contributed by atoms with Gasteiger partial charge >= 0.3 is 0 Å². The van der Waals surface area contributed by atoms with Crippen LogP contribution in [0.25, 0.3) is 0 Å². The van der Waals surface area contributed by atoms with E-state index in [0.717, 1.165) is 44.4 Å². The first kappa shape index (κ1) is 19.4. The van der Waals surface area contributed by atoms with E-state index in [0.29, 0.717) is 0 Å². The number of rotatable bonds is 5. The molecule has 1 aromatic rings. The van der Waals surface area contributed by atoms with Crippen molar-refractivity contribution in [1.29, 1.82) is 0 Å². The van der Waals surface area contributed by atoms with E-state index in [9.17, 15) is 0 Å². The second-order valence-electron chi connectivity index (χ2n) is 7.25. The van der Waals surface area contributed by atoms with Gasteiger partial charge in [0.15, 0.2) is 5.96 Å². The second kappa shape index (κ2) is 8.43. The molecule has 6 nitrogen and oxygen atoms in total. The van der Waals surface area contributed by atoms with Crippen LogP contribution in [0.2, 0.25) is 0 Å². The van der Waals surface area contributed by atoms with Gasteiger partial charge in [-0.25, -0.2) is 0 Å². The summed E-state index contributed by atoms with van der Waals surface area (Å²) in [6.07, 6.45) is 0. The minimum absolute atomic E-state index is 0.0785. The number of ether oxygens (including phenoxy) is 1. The van der Waals surface area contributed by atoms with Gasteiger partial charge in [0.2, 0.25) is 0 Å². The molecule has 0 radical (unpaired) electrons. The molecule has 0 atom stereocenters. The lowest BCUT2D eigenvalue weighted by atomic mass is 10.0. The number of hydrogen-bond acceptors (Lipinski definition) is 4. The monoisotopic (exact) mass is 347 g/mol. The lowest BCUT2D eigenvalue weighted by Gasteiger charge is -2.39. The molecule has 140 valence electrons. The number of aliphatic imine (C=N–C) groups is 1. The SMILES string of the molecule is CN=C(NCC(C)(C)N(C)C)N1CCN(c2ccccc2OC)CC1. The van der Waals surface area contributed by atoms with Gasteiger partial charge in [-0.3, -0.25) is 4.99 Å². The van der Waals surface area contributed by atoms with Crippen LogP contribution in [0.3, 0.4) is 0 Å². The van der Waals surface area contributed by atoms with Gasteiger partial charge in [0.1, 0.15) is 5.75 Å². The molecule has 1 aromatic carbocycles. The highest BCUT2D eigenvalue weighted by atomic mass is 16.5. The largest absolute Gasteiger partial charge is 0.495 e. The molecule has 0 spiro atoms. The Kier molecular flexibility index (Phi) is 6.53.